The fourth-order valence-electron chi connectivity index (χ4n) is 3.64. The number of allylic oxidation sites excluding steroid dienone is 4. The van der Waals surface area contributed by atoms with Gasteiger partial charge in [-0.2, -0.15) is 0 Å². The number of fused-ring (bicyclic) bond motifs is 1. The predicted molar refractivity (Wildman–Crippen MR) is 135 cm³/mol. The van der Waals surface area contributed by atoms with Crippen LogP contribution < -0.4 is 10.2 Å². The van der Waals surface area contributed by atoms with Crippen molar-refractivity contribution in [3.8, 4) is 0 Å². The van der Waals surface area contributed by atoms with Gasteiger partial charge >= 0.3 is 6.36 Å². The van der Waals surface area contributed by atoms with Crippen molar-refractivity contribution in [2.45, 2.75) is 26.1 Å². The summed E-state index contributed by atoms with van der Waals surface area (Å²) in [4.78, 5) is 21.4. The average molecular weight is 505 g/mol. The highest BCUT2D eigenvalue weighted by Gasteiger charge is 2.31. The van der Waals surface area contributed by atoms with Crippen molar-refractivity contribution >= 4 is 28.3 Å². The molecule has 10 heteroatoms. The number of nitrogens with zero attached hydrogens (tertiary/aromatic N) is 3. The lowest BCUT2D eigenvalue weighted by molar-refractivity contribution is -0.305. The summed E-state index contributed by atoms with van der Waals surface area (Å²) in [6.07, 6.45) is 1.72. The van der Waals surface area contributed by atoms with Crippen LogP contribution in [0.2, 0.25) is 0 Å². The second-order valence-corrected chi connectivity index (χ2v) is 8.80. The molecule has 0 unspecified atom stereocenters. The van der Waals surface area contributed by atoms with Crippen LogP contribution in [-0.4, -0.2) is 63.0 Å². The molecule has 0 radical (unpaired) electrons. The minimum Gasteiger partial charge on any atom is -0.484 e. The molecular weight excluding hydrogens is 473 g/mol. The van der Waals surface area contributed by atoms with E-state index in [2.05, 4.69) is 33.9 Å². The summed E-state index contributed by atoms with van der Waals surface area (Å²) in [5, 5.41) is 3.71. The summed E-state index contributed by atoms with van der Waals surface area (Å²) in [6, 6.07) is 7.53. The third kappa shape index (κ3) is 8.30. The number of alkyl halides is 3. The van der Waals surface area contributed by atoms with E-state index in [4.69, 9.17) is 9.72 Å². The monoisotopic (exact) mass is 504 g/mol. The van der Waals surface area contributed by atoms with E-state index in [0.29, 0.717) is 5.69 Å². The second kappa shape index (κ2) is 11.9. The molecule has 1 aromatic heterocycles. The molecule has 0 saturated carbocycles. The van der Waals surface area contributed by atoms with Crippen LogP contribution in [-0.2, 0) is 14.3 Å². The zero-order valence-electron chi connectivity index (χ0n) is 20.9. The molecule has 1 aromatic carbocycles. The molecule has 0 saturated heterocycles. The van der Waals surface area contributed by atoms with Crippen LogP contribution in [0.4, 0.5) is 24.7 Å². The Balaban J connectivity index is 1.60. The van der Waals surface area contributed by atoms with Gasteiger partial charge in [-0.15, -0.1) is 13.2 Å². The molecule has 1 aliphatic rings. The van der Waals surface area contributed by atoms with Crippen LogP contribution in [0.15, 0.2) is 60.1 Å². The van der Waals surface area contributed by atoms with Crippen LogP contribution in [0, 0.1) is 6.92 Å². The standard InChI is InChI=1S/C26H31F3N4O3/c1-18-15-24(33(4)14-6-13-32(2)3)31-23-12-9-19(16-22(18)23)30-25(34)17-35-20-7-5-8-21(11-10-20)36-26(27,28)29/h5,7,9-12,15-16H,6,8,13-14,17H2,1-4H3,(H,30,34). The highest BCUT2D eigenvalue weighted by Crippen LogP contribution is 2.26. The number of carbonyl (C=O) groups is 1. The number of benzene rings is 1. The predicted octanol–water partition coefficient (Wildman–Crippen LogP) is 5.15. The number of halogens is 3. The zero-order valence-corrected chi connectivity index (χ0v) is 20.9. The summed E-state index contributed by atoms with van der Waals surface area (Å²) in [6.45, 7) is 3.60. The maximum Gasteiger partial charge on any atom is 0.572 e. The van der Waals surface area contributed by atoms with E-state index in [1.807, 2.05) is 32.2 Å². The van der Waals surface area contributed by atoms with Gasteiger partial charge in [-0.25, -0.2) is 4.98 Å². The van der Waals surface area contributed by atoms with Crippen LogP contribution >= 0.6 is 0 Å². The summed E-state index contributed by atoms with van der Waals surface area (Å²) in [7, 11) is 6.13. The van der Waals surface area contributed by atoms with E-state index in [-0.39, 0.29) is 24.5 Å². The Morgan fingerprint density at radius 1 is 1.14 bits per heavy atom. The number of carbonyl (C=O) groups excluding carboxylic acids is 1. The van der Waals surface area contributed by atoms with Gasteiger partial charge in [-0.05, 0) is 82.0 Å². The molecular formula is C26H31F3N4O3. The number of nitrogens with one attached hydrogen (secondary N) is 1. The van der Waals surface area contributed by atoms with Gasteiger partial charge in [-0.1, -0.05) is 6.08 Å². The Hall–Kier alpha value is -3.53. The molecule has 2 aromatic rings. The van der Waals surface area contributed by atoms with Gasteiger partial charge in [0.2, 0.25) is 0 Å². The molecule has 0 bridgehead atoms. The lowest BCUT2D eigenvalue weighted by atomic mass is 10.1. The molecule has 7 nitrogen and oxygen atoms in total. The van der Waals surface area contributed by atoms with Gasteiger partial charge in [0.15, 0.2) is 6.61 Å². The zero-order chi connectivity index (χ0) is 26.3. The van der Waals surface area contributed by atoms with E-state index in [1.165, 1.54) is 24.3 Å². The highest BCUT2D eigenvalue weighted by atomic mass is 19.4. The first-order valence-corrected chi connectivity index (χ1v) is 11.5. The first-order chi connectivity index (χ1) is 17.0. The van der Waals surface area contributed by atoms with Gasteiger partial charge in [0.25, 0.3) is 5.91 Å². The Kier molecular flexibility index (Phi) is 8.98. The van der Waals surface area contributed by atoms with E-state index >= 15 is 0 Å². The number of anilines is 2. The number of hydrogen-bond donors (Lipinski definition) is 1. The van der Waals surface area contributed by atoms with Crippen molar-refractivity contribution in [1.82, 2.24) is 9.88 Å². The molecule has 1 aliphatic carbocycles. The van der Waals surface area contributed by atoms with Crippen molar-refractivity contribution in [2.24, 2.45) is 0 Å². The van der Waals surface area contributed by atoms with Gasteiger partial charge in [0.1, 0.15) is 17.3 Å². The first-order valence-electron chi connectivity index (χ1n) is 11.5. The molecule has 194 valence electrons. The van der Waals surface area contributed by atoms with E-state index in [0.717, 1.165) is 41.8 Å². The van der Waals surface area contributed by atoms with Crippen molar-refractivity contribution in [3.05, 3.63) is 65.7 Å². The molecule has 1 amide bonds. The maximum atomic E-state index is 12.4. The van der Waals surface area contributed by atoms with Gasteiger partial charge in [-0.3, -0.25) is 4.79 Å². The molecule has 1 heterocycles. The normalized spacial score (nSPS) is 13.8. The van der Waals surface area contributed by atoms with Gasteiger partial charge < -0.3 is 24.6 Å². The molecule has 0 atom stereocenters. The third-order valence-corrected chi connectivity index (χ3v) is 5.43. The van der Waals surface area contributed by atoms with Crippen molar-refractivity contribution < 1.29 is 27.4 Å². The minimum absolute atomic E-state index is 0.0346. The number of ether oxygens (including phenoxy) is 2. The van der Waals surface area contributed by atoms with Crippen LogP contribution in [0.3, 0.4) is 0 Å². The van der Waals surface area contributed by atoms with Crippen molar-refractivity contribution in [1.29, 1.82) is 0 Å². The Bertz CT molecular complexity index is 1170. The lowest BCUT2D eigenvalue weighted by Crippen LogP contribution is -2.24. The summed E-state index contributed by atoms with van der Waals surface area (Å²) in [5.74, 6) is 0.495. The van der Waals surface area contributed by atoms with E-state index in [9.17, 15) is 18.0 Å². The number of amides is 1. The largest absolute Gasteiger partial charge is 0.572 e. The van der Waals surface area contributed by atoms with E-state index < -0.39 is 12.3 Å². The molecule has 0 aliphatic heterocycles. The fourth-order valence-corrected chi connectivity index (χ4v) is 3.64. The lowest BCUT2D eigenvalue weighted by Gasteiger charge is -2.20. The summed E-state index contributed by atoms with van der Waals surface area (Å²) in [5.41, 5.74) is 2.47. The topological polar surface area (TPSA) is 66.9 Å². The summed E-state index contributed by atoms with van der Waals surface area (Å²) >= 11 is 0. The summed E-state index contributed by atoms with van der Waals surface area (Å²) < 4.78 is 46.5. The smallest absolute Gasteiger partial charge is 0.484 e. The fraction of sp³-hybridized carbons (Fsp3) is 0.385. The minimum atomic E-state index is -4.75. The number of pyridine rings is 1. The number of aryl methyl sites for hydroxylation is 1. The number of hydrogen-bond acceptors (Lipinski definition) is 6. The van der Waals surface area contributed by atoms with Gasteiger partial charge in [0.05, 0.1) is 5.52 Å². The first kappa shape index (κ1) is 27.1. The number of rotatable bonds is 10. The van der Waals surface area contributed by atoms with Crippen molar-refractivity contribution in [2.75, 3.05) is 51.1 Å². The maximum absolute atomic E-state index is 12.4. The SMILES string of the molecule is Cc1cc(N(C)CCCN(C)C)nc2ccc(NC(=O)COC3=CC=C(OC(F)(F)F)CC=C3)cc12. The highest BCUT2D eigenvalue weighted by molar-refractivity contribution is 5.95. The average Bonchev–Trinajstić information content (AvgIpc) is 3.01. The third-order valence-electron chi connectivity index (χ3n) is 5.43. The number of aromatic nitrogens is 1. The quantitative estimate of drug-likeness (QED) is 0.483. The Labute approximate surface area is 208 Å². The van der Waals surface area contributed by atoms with Crippen molar-refractivity contribution in [3.63, 3.8) is 0 Å². The molecule has 0 fully saturated rings. The second-order valence-electron chi connectivity index (χ2n) is 8.80. The Morgan fingerprint density at radius 2 is 1.92 bits per heavy atom. The van der Waals surface area contributed by atoms with Gasteiger partial charge in [0, 0.05) is 31.1 Å². The molecule has 0 spiro atoms. The van der Waals surface area contributed by atoms with Crippen LogP contribution in [0.25, 0.3) is 10.9 Å². The Morgan fingerprint density at radius 3 is 2.64 bits per heavy atom. The van der Waals surface area contributed by atoms with Crippen LogP contribution in [0.5, 0.6) is 0 Å². The molecule has 3 rings (SSSR count). The van der Waals surface area contributed by atoms with E-state index in [1.54, 1.807) is 6.07 Å². The molecule has 1 N–H and O–H groups in total. The van der Waals surface area contributed by atoms with Crippen LogP contribution in [0.1, 0.15) is 18.4 Å². The molecule has 36 heavy (non-hydrogen) atoms.